The zero-order chi connectivity index (χ0) is 19.8. The lowest BCUT2D eigenvalue weighted by atomic mass is 10.1. The number of aryl methyl sites for hydroxylation is 1. The predicted molar refractivity (Wildman–Crippen MR) is 107 cm³/mol. The molecule has 2 heterocycles. The van der Waals surface area contributed by atoms with Crippen molar-refractivity contribution in [2.24, 2.45) is 0 Å². The number of carbonyl (C=O) groups excluding carboxylic acids is 1. The van der Waals surface area contributed by atoms with Gasteiger partial charge in [0, 0.05) is 31.2 Å². The van der Waals surface area contributed by atoms with Crippen LogP contribution >= 0.6 is 0 Å². The monoisotopic (exact) mass is 377 g/mol. The second kappa shape index (κ2) is 9.45. The Kier molecular flexibility index (Phi) is 6.51. The Bertz CT molecular complexity index is 931. The highest BCUT2D eigenvalue weighted by Crippen LogP contribution is 2.17. The molecule has 0 spiro atoms. The zero-order valence-electron chi connectivity index (χ0n) is 16.0. The molecular weight excluding hydrogens is 354 g/mol. The summed E-state index contributed by atoms with van der Waals surface area (Å²) in [4.78, 5) is 25.2. The van der Waals surface area contributed by atoms with Crippen LogP contribution in [-0.2, 0) is 13.0 Å². The summed E-state index contributed by atoms with van der Waals surface area (Å²) in [5.41, 5.74) is 3.08. The van der Waals surface area contributed by atoms with Gasteiger partial charge in [-0.25, -0.2) is 9.97 Å². The number of nitrogens with one attached hydrogen (secondary N) is 2. The average Bonchev–Trinajstić information content (AvgIpc) is 2.72. The molecule has 1 aromatic carbocycles. The highest BCUT2D eigenvalue weighted by Gasteiger charge is 2.11. The Hall–Kier alpha value is -3.48. The van der Waals surface area contributed by atoms with Crippen LogP contribution in [0, 0.1) is 6.92 Å². The number of methoxy groups -OCH3 is 1. The molecule has 0 fully saturated rings. The lowest BCUT2D eigenvalue weighted by Gasteiger charge is -2.10. The first kappa shape index (κ1) is 19.3. The summed E-state index contributed by atoms with van der Waals surface area (Å²) in [5.74, 6) is 1.04. The lowest BCUT2D eigenvalue weighted by molar-refractivity contribution is 0.0945. The number of ether oxygens (including phenoxy) is 1. The van der Waals surface area contributed by atoms with E-state index in [0.29, 0.717) is 24.7 Å². The van der Waals surface area contributed by atoms with Crippen LogP contribution in [0.15, 0.2) is 54.9 Å². The van der Waals surface area contributed by atoms with Crippen LogP contribution in [-0.4, -0.2) is 34.5 Å². The minimum absolute atomic E-state index is 0.248. The van der Waals surface area contributed by atoms with E-state index in [1.54, 1.807) is 25.6 Å². The van der Waals surface area contributed by atoms with E-state index in [0.717, 1.165) is 29.0 Å². The van der Waals surface area contributed by atoms with Crippen LogP contribution in [0.1, 0.15) is 27.3 Å². The molecule has 3 rings (SSSR count). The summed E-state index contributed by atoms with van der Waals surface area (Å²) in [7, 11) is 1.66. The summed E-state index contributed by atoms with van der Waals surface area (Å²) in [6, 6.07) is 13.3. The minimum atomic E-state index is -0.248. The molecule has 7 nitrogen and oxygen atoms in total. The molecule has 0 radical (unpaired) electrons. The van der Waals surface area contributed by atoms with Crippen molar-refractivity contribution in [3.63, 3.8) is 0 Å². The molecule has 0 aliphatic rings. The van der Waals surface area contributed by atoms with E-state index in [4.69, 9.17) is 4.74 Å². The van der Waals surface area contributed by atoms with Gasteiger partial charge in [0.25, 0.3) is 5.91 Å². The van der Waals surface area contributed by atoms with Gasteiger partial charge in [0.15, 0.2) is 0 Å². The van der Waals surface area contributed by atoms with Crippen molar-refractivity contribution in [2.45, 2.75) is 19.9 Å². The first-order chi connectivity index (χ1) is 13.7. The fourth-order valence-corrected chi connectivity index (χ4v) is 2.76. The van der Waals surface area contributed by atoms with Crippen molar-refractivity contribution in [3.05, 3.63) is 77.4 Å². The van der Waals surface area contributed by atoms with E-state index in [2.05, 4.69) is 25.6 Å². The van der Waals surface area contributed by atoms with Crippen molar-refractivity contribution in [2.75, 3.05) is 19.0 Å². The largest absolute Gasteiger partial charge is 0.496 e. The zero-order valence-corrected chi connectivity index (χ0v) is 16.0. The highest BCUT2D eigenvalue weighted by molar-refractivity contribution is 5.92. The van der Waals surface area contributed by atoms with Gasteiger partial charge < -0.3 is 15.4 Å². The van der Waals surface area contributed by atoms with Crippen LogP contribution in [0.4, 0.5) is 5.95 Å². The molecule has 0 aliphatic heterocycles. The molecule has 0 saturated carbocycles. The average molecular weight is 377 g/mol. The Morgan fingerprint density at radius 3 is 2.79 bits per heavy atom. The third-order valence-corrected chi connectivity index (χ3v) is 4.13. The van der Waals surface area contributed by atoms with Gasteiger partial charge in [0.2, 0.25) is 5.95 Å². The van der Waals surface area contributed by atoms with Crippen molar-refractivity contribution in [3.8, 4) is 5.75 Å². The molecule has 3 aromatic rings. The van der Waals surface area contributed by atoms with Crippen molar-refractivity contribution < 1.29 is 9.53 Å². The molecule has 0 saturated heterocycles. The maximum absolute atomic E-state index is 12.4. The maximum atomic E-state index is 12.4. The van der Waals surface area contributed by atoms with E-state index in [1.165, 1.54) is 0 Å². The lowest BCUT2D eigenvalue weighted by Crippen LogP contribution is -2.24. The highest BCUT2D eigenvalue weighted by atomic mass is 16.5. The molecule has 144 valence electrons. The molecule has 7 heteroatoms. The van der Waals surface area contributed by atoms with E-state index >= 15 is 0 Å². The summed E-state index contributed by atoms with van der Waals surface area (Å²) >= 11 is 0. The number of rotatable bonds is 8. The quantitative estimate of drug-likeness (QED) is 0.627. The molecule has 1 amide bonds. The second-order valence-electron chi connectivity index (χ2n) is 6.25. The Morgan fingerprint density at radius 1 is 1.14 bits per heavy atom. The number of hydrogen-bond donors (Lipinski definition) is 2. The number of benzene rings is 1. The second-order valence-corrected chi connectivity index (χ2v) is 6.25. The standard InChI is InChI=1S/C21H23N5O2/c1-15-12-18(20(27)24-14-16-6-5-10-22-13-16)26-21(25-15)23-11-9-17-7-3-4-8-19(17)28-2/h3-8,10,12-13H,9,11,14H2,1-2H3,(H,24,27)(H,23,25,26). The van der Waals surface area contributed by atoms with Gasteiger partial charge >= 0.3 is 0 Å². The molecule has 2 N–H and O–H groups in total. The number of amides is 1. The number of carbonyl (C=O) groups is 1. The van der Waals surface area contributed by atoms with Gasteiger partial charge in [-0.2, -0.15) is 0 Å². The maximum Gasteiger partial charge on any atom is 0.270 e. The molecule has 0 bridgehead atoms. The number of pyridine rings is 1. The first-order valence-corrected chi connectivity index (χ1v) is 9.04. The van der Waals surface area contributed by atoms with Crippen molar-refractivity contribution >= 4 is 11.9 Å². The van der Waals surface area contributed by atoms with Gasteiger partial charge in [-0.3, -0.25) is 9.78 Å². The van der Waals surface area contributed by atoms with Gasteiger partial charge in [-0.05, 0) is 42.7 Å². The summed E-state index contributed by atoms with van der Waals surface area (Å²) < 4.78 is 5.36. The van der Waals surface area contributed by atoms with Gasteiger partial charge in [-0.1, -0.05) is 24.3 Å². The van der Waals surface area contributed by atoms with E-state index in [-0.39, 0.29) is 5.91 Å². The smallest absolute Gasteiger partial charge is 0.270 e. The third-order valence-electron chi connectivity index (χ3n) is 4.13. The summed E-state index contributed by atoms with van der Waals surface area (Å²) in [6.45, 7) is 2.86. The Labute approximate surface area is 164 Å². The third kappa shape index (κ3) is 5.26. The molecule has 0 aliphatic carbocycles. The molecular formula is C21H23N5O2. The van der Waals surface area contributed by atoms with Crippen molar-refractivity contribution in [1.82, 2.24) is 20.3 Å². The fourth-order valence-electron chi connectivity index (χ4n) is 2.76. The molecule has 28 heavy (non-hydrogen) atoms. The van der Waals surface area contributed by atoms with Crippen LogP contribution in [0.3, 0.4) is 0 Å². The minimum Gasteiger partial charge on any atom is -0.496 e. The fraction of sp³-hybridized carbons (Fsp3) is 0.238. The number of aromatic nitrogens is 3. The van der Waals surface area contributed by atoms with Crippen molar-refractivity contribution in [1.29, 1.82) is 0 Å². The topological polar surface area (TPSA) is 89.0 Å². The number of hydrogen-bond acceptors (Lipinski definition) is 6. The van der Waals surface area contributed by atoms with Crippen LogP contribution < -0.4 is 15.4 Å². The van der Waals surface area contributed by atoms with Gasteiger partial charge in [-0.15, -0.1) is 0 Å². The normalized spacial score (nSPS) is 10.4. The predicted octanol–water partition coefficient (Wildman–Crippen LogP) is 2.77. The summed E-state index contributed by atoms with van der Waals surface area (Å²) in [6.07, 6.45) is 4.17. The van der Waals surface area contributed by atoms with Gasteiger partial charge in [0.1, 0.15) is 11.4 Å². The Balaban J connectivity index is 1.60. The van der Waals surface area contributed by atoms with Gasteiger partial charge in [0.05, 0.1) is 7.11 Å². The number of para-hydroxylation sites is 1. The van der Waals surface area contributed by atoms with Crippen LogP contribution in [0.2, 0.25) is 0 Å². The van der Waals surface area contributed by atoms with Crippen LogP contribution in [0.25, 0.3) is 0 Å². The number of anilines is 1. The molecule has 2 aromatic heterocycles. The SMILES string of the molecule is COc1ccccc1CCNc1nc(C)cc(C(=O)NCc2cccnc2)n1. The molecule has 0 unspecified atom stereocenters. The first-order valence-electron chi connectivity index (χ1n) is 9.04. The van der Waals surface area contributed by atoms with Crippen LogP contribution in [0.5, 0.6) is 5.75 Å². The summed E-state index contributed by atoms with van der Waals surface area (Å²) in [5, 5.41) is 6.04. The number of nitrogens with zero attached hydrogens (tertiary/aromatic N) is 3. The Morgan fingerprint density at radius 2 is 2.00 bits per heavy atom. The van der Waals surface area contributed by atoms with E-state index in [9.17, 15) is 4.79 Å². The van der Waals surface area contributed by atoms with E-state index < -0.39 is 0 Å². The van der Waals surface area contributed by atoms with E-state index in [1.807, 2.05) is 43.3 Å². The molecule has 0 atom stereocenters.